The molecule has 28 heavy (non-hydrogen) atoms. The number of nitrogens with one attached hydrogen (secondary N) is 1. The first-order chi connectivity index (χ1) is 13.7. The highest BCUT2D eigenvalue weighted by Crippen LogP contribution is 2.08. The van der Waals surface area contributed by atoms with Gasteiger partial charge in [-0.1, -0.05) is 69.8 Å². The molecule has 0 aliphatic carbocycles. The number of unbranched alkanes of at least 4 members (excludes halogenated alkanes) is 9. The van der Waals surface area contributed by atoms with Crippen molar-refractivity contribution in [3.05, 3.63) is 24.3 Å². The van der Waals surface area contributed by atoms with Crippen molar-refractivity contribution in [1.82, 2.24) is 5.32 Å². The molecular weight excluding hydrogens is 354 g/mol. The predicted octanol–water partition coefficient (Wildman–Crippen LogP) is 6.39. The largest absolute Gasteiger partial charge is 0.481 e. The van der Waals surface area contributed by atoms with Crippen molar-refractivity contribution in [3.63, 3.8) is 0 Å². The van der Waals surface area contributed by atoms with E-state index >= 15 is 0 Å². The molecule has 0 aromatic carbocycles. The monoisotopic (exact) mass is 395 g/mol. The molecule has 0 radical (unpaired) electrons. The SMILES string of the molecule is CCCCCC=CCC=CCCCCCCCCOC(=O)NCCCC(=O)O. The fraction of sp³-hybridized carbons (Fsp3) is 0.739. The van der Waals surface area contributed by atoms with Crippen LogP contribution in [-0.4, -0.2) is 30.3 Å². The first-order valence-electron chi connectivity index (χ1n) is 11.1. The Morgan fingerprint density at radius 2 is 1.43 bits per heavy atom. The predicted molar refractivity (Wildman–Crippen MR) is 116 cm³/mol. The Morgan fingerprint density at radius 1 is 0.821 bits per heavy atom. The summed E-state index contributed by atoms with van der Waals surface area (Å²) in [5.41, 5.74) is 0. The molecule has 0 aliphatic rings. The van der Waals surface area contributed by atoms with Crippen molar-refractivity contribution in [2.75, 3.05) is 13.2 Å². The lowest BCUT2D eigenvalue weighted by atomic mass is 10.1. The minimum Gasteiger partial charge on any atom is -0.481 e. The molecule has 0 aliphatic heterocycles. The van der Waals surface area contributed by atoms with E-state index in [4.69, 9.17) is 9.84 Å². The van der Waals surface area contributed by atoms with E-state index in [1.54, 1.807) is 0 Å². The van der Waals surface area contributed by atoms with Gasteiger partial charge in [0.2, 0.25) is 0 Å². The third-order valence-corrected chi connectivity index (χ3v) is 4.41. The van der Waals surface area contributed by atoms with Crippen LogP contribution in [0.25, 0.3) is 0 Å². The molecule has 162 valence electrons. The first kappa shape index (κ1) is 26.2. The maximum atomic E-state index is 11.4. The van der Waals surface area contributed by atoms with Gasteiger partial charge in [0.1, 0.15) is 0 Å². The summed E-state index contributed by atoms with van der Waals surface area (Å²) in [6.45, 7) is 3.01. The van der Waals surface area contributed by atoms with Crippen LogP contribution in [0.15, 0.2) is 24.3 Å². The highest BCUT2D eigenvalue weighted by molar-refractivity contribution is 5.68. The summed E-state index contributed by atoms with van der Waals surface area (Å²) in [6, 6.07) is 0. The number of rotatable bonds is 19. The molecule has 0 saturated heterocycles. The number of carboxylic acids is 1. The Bertz CT molecular complexity index is 432. The van der Waals surface area contributed by atoms with E-state index in [1.807, 2.05) is 0 Å². The van der Waals surface area contributed by atoms with E-state index in [1.165, 1.54) is 51.4 Å². The molecule has 0 rings (SSSR count). The number of carbonyl (C=O) groups is 2. The minimum absolute atomic E-state index is 0.0618. The number of carboxylic acid groups (broad SMARTS) is 1. The molecule has 5 nitrogen and oxygen atoms in total. The Balaban J connectivity index is 3.25. The highest BCUT2D eigenvalue weighted by Gasteiger charge is 2.02. The Kier molecular flexibility index (Phi) is 20.2. The molecule has 0 atom stereocenters. The van der Waals surface area contributed by atoms with Crippen LogP contribution >= 0.6 is 0 Å². The van der Waals surface area contributed by atoms with Crippen molar-refractivity contribution >= 4 is 12.1 Å². The topological polar surface area (TPSA) is 75.6 Å². The molecule has 0 fully saturated rings. The molecule has 1 amide bonds. The zero-order chi connectivity index (χ0) is 20.7. The quantitative estimate of drug-likeness (QED) is 0.196. The lowest BCUT2D eigenvalue weighted by molar-refractivity contribution is -0.137. The number of carbonyl (C=O) groups excluding carboxylic acids is 1. The Morgan fingerprint density at radius 3 is 2.07 bits per heavy atom. The number of amides is 1. The zero-order valence-electron chi connectivity index (χ0n) is 17.8. The highest BCUT2D eigenvalue weighted by atomic mass is 16.5. The number of ether oxygens (including phenoxy) is 1. The van der Waals surface area contributed by atoms with Crippen LogP contribution in [0.1, 0.15) is 96.8 Å². The first-order valence-corrected chi connectivity index (χ1v) is 11.1. The van der Waals surface area contributed by atoms with E-state index in [9.17, 15) is 9.59 Å². The minimum atomic E-state index is -0.850. The maximum Gasteiger partial charge on any atom is 0.407 e. The van der Waals surface area contributed by atoms with Crippen LogP contribution in [0.5, 0.6) is 0 Å². The van der Waals surface area contributed by atoms with E-state index in [0.29, 0.717) is 19.6 Å². The van der Waals surface area contributed by atoms with Crippen LogP contribution in [-0.2, 0) is 9.53 Å². The van der Waals surface area contributed by atoms with Crippen molar-refractivity contribution < 1.29 is 19.4 Å². The average Bonchev–Trinajstić information content (AvgIpc) is 2.67. The summed E-state index contributed by atoms with van der Waals surface area (Å²) in [5, 5.41) is 11.1. The maximum absolute atomic E-state index is 11.4. The van der Waals surface area contributed by atoms with Gasteiger partial charge in [-0.2, -0.15) is 0 Å². The van der Waals surface area contributed by atoms with E-state index in [-0.39, 0.29) is 6.42 Å². The van der Waals surface area contributed by atoms with Gasteiger partial charge >= 0.3 is 12.1 Å². The van der Waals surface area contributed by atoms with Gasteiger partial charge in [0.15, 0.2) is 0 Å². The second-order valence-corrected chi connectivity index (χ2v) is 7.14. The molecule has 0 aromatic heterocycles. The summed E-state index contributed by atoms with van der Waals surface area (Å²) in [6.07, 6.45) is 23.4. The standard InChI is InChI=1S/C23H41NO4/c1-2-3-4-5-6-7-8-9-10-11-12-13-14-15-16-17-21-28-23(27)24-20-18-19-22(25)26/h6-7,9-10H,2-5,8,11-21H2,1H3,(H,24,27)(H,25,26). The molecular formula is C23H41NO4. The van der Waals surface area contributed by atoms with Crippen LogP contribution in [0.3, 0.4) is 0 Å². The van der Waals surface area contributed by atoms with Crippen LogP contribution < -0.4 is 5.32 Å². The van der Waals surface area contributed by atoms with E-state index < -0.39 is 12.1 Å². The van der Waals surface area contributed by atoms with Gasteiger partial charge < -0.3 is 15.2 Å². The summed E-state index contributed by atoms with van der Waals surface area (Å²) >= 11 is 0. The summed E-state index contributed by atoms with van der Waals surface area (Å²) in [4.78, 5) is 21.7. The number of hydrogen-bond acceptors (Lipinski definition) is 3. The van der Waals surface area contributed by atoms with Crippen molar-refractivity contribution in [3.8, 4) is 0 Å². The third kappa shape index (κ3) is 22.3. The molecule has 5 heteroatoms. The molecule has 0 bridgehead atoms. The van der Waals surface area contributed by atoms with Gasteiger partial charge in [0.05, 0.1) is 6.61 Å². The van der Waals surface area contributed by atoms with Crippen LogP contribution in [0.2, 0.25) is 0 Å². The van der Waals surface area contributed by atoms with Crippen molar-refractivity contribution in [2.45, 2.75) is 96.8 Å². The van der Waals surface area contributed by atoms with Gasteiger partial charge in [-0.15, -0.1) is 0 Å². The summed E-state index contributed by atoms with van der Waals surface area (Å²) in [5.74, 6) is -0.850. The molecule has 0 heterocycles. The third-order valence-electron chi connectivity index (χ3n) is 4.41. The Hall–Kier alpha value is -1.78. The molecule has 0 saturated carbocycles. The second kappa shape index (κ2) is 21.5. The van der Waals surface area contributed by atoms with E-state index in [2.05, 4.69) is 36.5 Å². The lowest BCUT2D eigenvalue weighted by Gasteiger charge is -2.06. The lowest BCUT2D eigenvalue weighted by Crippen LogP contribution is -2.26. The summed E-state index contributed by atoms with van der Waals surface area (Å²) in [7, 11) is 0. The fourth-order valence-corrected chi connectivity index (χ4v) is 2.74. The van der Waals surface area contributed by atoms with Crippen molar-refractivity contribution in [2.24, 2.45) is 0 Å². The van der Waals surface area contributed by atoms with Gasteiger partial charge in [-0.3, -0.25) is 4.79 Å². The molecule has 0 spiro atoms. The molecule has 0 unspecified atom stereocenters. The van der Waals surface area contributed by atoms with Crippen LogP contribution in [0.4, 0.5) is 4.79 Å². The molecule has 2 N–H and O–H groups in total. The number of allylic oxidation sites excluding steroid dienone is 4. The molecule has 0 aromatic rings. The second-order valence-electron chi connectivity index (χ2n) is 7.14. The van der Waals surface area contributed by atoms with E-state index in [0.717, 1.165) is 25.7 Å². The van der Waals surface area contributed by atoms with Gasteiger partial charge in [-0.25, -0.2) is 4.79 Å². The fourth-order valence-electron chi connectivity index (χ4n) is 2.74. The van der Waals surface area contributed by atoms with Gasteiger partial charge in [0.25, 0.3) is 0 Å². The summed E-state index contributed by atoms with van der Waals surface area (Å²) < 4.78 is 5.06. The van der Waals surface area contributed by atoms with Crippen molar-refractivity contribution in [1.29, 1.82) is 0 Å². The number of aliphatic carboxylic acids is 1. The number of alkyl carbamates (subject to hydrolysis) is 1. The average molecular weight is 396 g/mol. The van der Waals surface area contributed by atoms with Gasteiger partial charge in [0, 0.05) is 13.0 Å². The van der Waals surface area contributed by atoms with Gasteiger partial charge in [-0.05, 0) is 44.9 Å². The smallest absolute Gasteiger partial charge is 0.407 e. The zero-order valence-corrected chi connectivity index (χ0v) is 17.8. The number of hydrogen-bond donors (Lipinski definition) is 2. The van der Waals surface area contributed by atoms with Crippen LogP contribution in [0, 0.1) is 0 Å². The normalized spacial score (nSPS) is 11.3. The Labute approximate surface area is 171 Å².